The van der Waals surface area contributed by atoms with Gasteiger partial charge in [-0.25, -0.2) is 9.37 Å². The third-order valence-corrected chi connectivity index (χ3v) is 3.17. The molecule has 1 aromatic rings. The second-order valence-electron chi connectivity index (χ2n) is 5.13. The van der Waals surface area contributed by atoms with E-state index in [0.29, 0.717) is 23.7 Å². The van der Waals surface area contributed by atoms with Crippen molar-refractivity contribution in [3.05, 3.63) is 12.0 Å². The normalized spacial score (nSPS) is 11.2. The Balaban J connectivity index is 3.15. The molecule has 0 aliphatic carbocycles. The molecule has 0 fully saturated rings. The first-order chi connectivity index (χ1) is 9.03. The van der Waals surface area contributed by atoms with Gasteiger partial charge in [0.1, 0.15) is 0 Å². The number of aromatic nitrogens is 2. The molecule has 108 valence electrons. The van der Waals surface area contributed by atoms with Gasteiger partial charge in [0, 0.05) is 19.6 Å². The highest BCUT2D eigenvalue weighted by atomic mass is 19.1. The molecule has 0 saturated carbocycles. The number of halogens is 1. The van der Waals surface area contributed by atoms with Crippen molar-refractivity contribution in [3.8, 4) is 0 Å². The Morgan fingerprint density at radius 1 is 1.32 bits per heavy atom. The summed E-state index contributed by atoms with van der Waals surface area (Å²) >= 11 is 0. The standard InChI is InChI=1S/C14H25FN4/c1-6-11(7-2)19(9-10(3)4)13-12(15)8-17-14(16-5)18-13/h8,10-11H,6-7,9H2,1-5H3,(H,16,17,18). The number of anilines is 2. The monoisotopic (exact) mass is 268 g/mol. The van der Waals surface area contributed by atoms with Crippen LogP contribution >= 0.6 is 0 Å². The Labute approximate surface area is 115 Å². The lowest BCUT2D eigenvalue weighted by atomic mass is 10.1. The molecule has 19 heavy (non-hydrogen) atoms. The van der Waals surface area contributed by atoms with Crippen LogP contribution in [0.5, 0.6) is 0 Å². The average molecular weight is 268 g/mol. The molecule has 0 bridgehead atoms. The molecule has 0 aromatic carbocycles. The van der Waals surface area contributed by atoms with Gasteiger partial charge >= 0.3 is 0 Å². The Morgan fingerprint density at radius 3 is 2.42 bits per heavy atom. The largest absolute Gasteiger partial charge is 0.357 e. The number of nitrogens with zero attached hydrogens (tertiary/aromatic N) is 3. The van der Waals surface area contributed by atoms with Crippen LogP contribution < -0.4 is 10.2 Å². The summed E-state index contributed by atoms with van der Waals surface area (Å²) in [5.41, 5.74) is 0. The molecule has 0 aliphatic heterocycles. The van der Waals surface area contributed by atoms with Gasteiger partial charge in [-0.3, -0.25) is 0 Å². The molecule has 1 N–H and O–H groups in total. The molecule has 0 radical (unpaired) electrons. The zero-order valence-corrected chi connectivity index (χ0v) is 12.6. The van der Waals surface area contributed by atoms with E-state index in [-0.39, 0.29) is 5.82 Å². The molecule has 1 rings (SSSR count). The molecule has 1 heterocycles. The zero-order chi connectivity index (χ0) is 14.4. The predicted octanol–water partition coefficient (Wildman–Crippen LogP) is 3.31. The van der Waals surface area contributed by atoms with E-state index in [9.17, 15) is 4.39 Å². The van der Waals surface area contributed by atoms with Crippen LogP contribution in [0.4, 0.5) is 16.2 Å². The van der Waals surface area contributed by atoms with Gasteiger partial charge in [-0.05, 0) is 18.8 Å². The fourth-order valence-corrected chi connectivity index (χ4v) is 2.21. The third-order valence-electron chi connectivity index (χ3n) is 3.17. The van der Waals surface area contributed by atoms with Crippen molar-refractivity contribution in [1.82, 2.24) is 9.97 Å². The van der Waals surface area contributed by atoms with Gasteiger partial charge in [-0.1, -0.05) is 27.7 Å². The maximum absolute atomic E-state index is 14.0. The minimum atomic E-state index is -0.355. The van der Waals surface area contributed by atoms with Crippen LogP contribution in [-0.2, 0) is 0 Å². The number of hydrogen-bond acceptors (Lipinski definition) is 4. The van der Waals surface area contributed by atoms with E-state index >= 15 is 0 Å². The van der Waals surface area contributed by atoms with E-state index in [2.05, 4.69) is 47.9 Å². The first-order valence-corrected chi connectivity index (χ1v) is 7.00. The molecule has 0 atom stereocenters. The summed E-state index contributed by atoms with van der Waals surface area (Å²) in [7, 11) is 1.74. The first kappa shape index (κ1) is 15.7. The van der Waals surface area contributed by atoms with Crippen molar-refractivity contribution in [1.29, 1.82) is 0 Å². The third kappa shape index (κ3) is 4.04. The Morgan fingerprint density at radius 2 is 1.95 bits per heavy atom. The fraction of sp³-hybridized carbons (Fsp3) is 0.714. The van der Waals surface area contributed by atoms with Crippen LogP contribution in [0.3, 0.4) is 0 Å². The van der Waals surface area contributed by atoms with Gasteiger partial charge in [0.25, 0.3) is 0 Å². The molecule has 4 nitrogen and oxygen atoms in total. The fourth-order valence-electron chi connectivity index (χ4n) is 2.21. The van der Waals surface area contributed by atoms with Crippen LogP contribution in [0.15, 0.2) is 6.20 Å². The van der Waals surface area contributed by atoms with E-state index < -0.39 is 0 Å². The summed E-state index contributed by atoms with van der Waals surface area (Å²) in [6.07, 6.45) is 3.19. The Bertz CT molecular complexity index is 391. The van der Waals surface area contributed by atoms with E-state index in [4.69, 9.17) is 0 Å². The SMILES string of the molecule is CCC(CC)N(CC(C)C)c1nc(NC)ncc1F. The van der Waals surface area contributed by atoms with Crippen LogP contribution in [0.2, 0.25) is 0 Å². The molecule has 0 amide bonds. The van der Waals surface area contributed by atoms with Crippen molar-refractivity contribution < 1.29 is 4.39 Å². The Kier molecular flexibility index (Phi) is 5.99. The van der Waals surface area contributed by atoms with Gasteiger partial charge < -0.3 is 10.2 Å². The smallest absolute Gasteiger partial charge is 0.224 e. The van der Waals surface area contributed by atoms with Crippen molar-refractivity contribution in [2.45, 2.75) is 46.6 Å². The van der Waals surface area contributed by atoms with Gasteiger partial charge in [-0.2, -0.15) is 4.98 Å². The number of hydrogen-bond donors (Lipinski definition) is 1. The second kappa shape index (κ2) is 7.26. The van der Waals surface area contributed by atoms with Gasteiger partial charge in [0.05, 0.1) is 6.20 Å². The predicted molar refractivity (Wildman–Crippen MR) is 78.1 cm³/mol. The molecular formula is C14H25FN4. The number of nitrogens with one attached hydrogen (secondary N) is 1. The zero-order valence-electron chi connectivity index (χ0n) is 12.6. The first-order valence-electron chi connectivity index (χ1n) is 7.00. The highest BCUT2D eigenvalue weighted by Crippen LogP contribution is 2.23. The molecule has 0 spiro atoms. The van der Waals surface area contributed by atoms with E-state index in [0.717, 1.165) is 19.4 Å². The Hall–Kier alpha value is -1.39. The maximum atomic E-state index is 14.0. The van der Waals surface area contributed by atoms with Gasteiger partial charge in [-0.15, -0.1) is 0 Å². The summed E-state index contributed by atoms with van der Waals surface area (Å²) in [5.74, 6) is 0.956. The molecular weight excluding hydrogens is 243 g/mol. The lowest BCUT2D eigenvalue weighted by Gasteiger charge is -2.33. The highest BCUT2D eigenvalue weighted by molar-refractivity contribution is 5.44. The van der Waals surface area contributed by atoms with Crippen molar-refractivity contribution in [3.63, 3.8) is 0 Å². The average Bonchev–Trinajstić information content (AvgIpc) is 2.39. The maximum Gasteiger partial charge on any atom is 0.224 e. The summed E-state index contributed by atoms with van der Waals surface area (Å²) in [6.45, 7) is 9.31. The molecule has 1 aromatic heterocycles. The van der Waals surface area contributed by atoms with Gasteiger partial charge in [0.2, 0.25) is 5.95 Å². The lowest BCUT2D eigenvalue weighted by molar-refractivity contribution is 0.489. The summed E-state index contributed by atoms with van der Waals surface area (Å²) in [4.78, 5) is 10.3. The van der Waals surface area contributed by atoms with Crippen molar-refractivity contribution in [2.75, 3.05) is 23.8 Å². The van der Waals surface area contributed by atoms with Crippen LogP contribution in [0, 0.1) is 11.7 Å². The molecule has 0 unspecified atom stereocenters. The minimum Gasteiger partial charge on any atom is -0.357 e. The van der Waals surface area contributed by atoms with Crippen LogP contribution in [0.1, 0.15) is 40.5 Å². The van der Waals surface area contributed by atoms with Gasteiger partial charge in [0.15, 0.2) is 11.6 Å². The molecule has 0 aliphatic rings. The minimum absolute atomic E-state index is 0.302. The highest BCUT2D eigenvalue weighted by Gasteiger charge is 2.22. The van der Waals surface area contributed by atoms with Crippen molar-refractivity contribution >= 4 is 11.8 Å². The van der Waals surface area contributed by atoms with E-state index in [1.54, 1.807) is 7.05 Å². The quantitative estimate of drug-likeness (QED) is 0.823. The van der Waals surface area contributed by atoms with Crippen LogP contribution in [0.25, 0.3) is 0 Å². The topological polar surface area (TPSA) is 41.1 Å². The molecule has 0 saturated heterocycles. The summed E-state index contributed by atoms with van der Waals surface area (Å²) in [6, 6.07) is 0.302. The second-order valence-corrected chi connectivity index (χ2v) is 5.13. The summed E-state index contributed by atoms with van der Waals surface area (Å²) < 4.78 is 14.0. The van der Waals surface area contributed by atoms with E-state index in [1.807, 2.05) is 0 Å². The van der Waals surface area contributed by atoms with Crippen LogP contribution in [-0.4, -0.2) is 29.6 Å². The van der Waals surface area contributed by atoms with E-state index in [1.165, 1.54) is 6.20 Å². The summed E-state index contributed by atoms with van der Waals surface area (Å²) in [5, 5.41) is 2.86. The lowest BCUT2D eigenvalue weighted by Crippen LogP contribution is -2.38. The molecule has 5 heteroatoms. The number of rotatable bonds is 7. The van der Waals surface area contributed by atoms with Crippen molar-refractivity contribution in [2.24, 2.45) is 5.92 Å².